The number of ketones is 1. The number of amides is 1. The first-order valence-electron chi connectivity index (χ1n) is 4.99. The Morgan fingerprint density at radius 1 is 1.36 bits per heavy atom. The Kier molecular flexibility index (Phi) is 4.77. The van der Waals surface area contributed by atoms with Crippen LogP contribution in [-0.2, 0) is 9.59 Å². The van der Waals surface area contributed by atoms with E-state index in [0.29, 0.717) is 6.42 Å². The Hall–Kier alpha value is -0.900. The van der Waals surface area contributed by atoms with Crippen LogP contribution < -0.4 is 11.5 Å². The summed E-state index contributed by atoms with van der Waals surface area (Å²) in [7, 11) is 0. The summed E-state index contributed by atoms with van der Waals surface area (Å²) in [4.78, 5) is 22.8. The molecule has 0 rings (SSSR count). The molecule has 0 radical (unpaired) electrons. The van der Waals surface area contributed by atoms with Gasteiger partial charge in [0.1, 0.15) is 0 Å². The van der Waals surface area contributed by atoms with Gasteiger partial charge in [0.05, 0.1) is 0 Å². The van der Waals surface area contributed by atoms with Crippen molar-refractivity contribution in [1.82, 2.24) is 0 Å². The van der Waals surface area contributed by atoms with Gasteiger partial charge in [0.15, 0.2) is 11.3 Å². The number of nitrogens with two attached hydrogens (primary N) is 2. The lowest BCUT2D eigenvalue weighted by atomic mass is 9.81. The second-order valence-corrected chi connectivity index (χ2v) is 3.91. The molecule has 4 nitrogen and oxygen atoms in total. The second-order valence-electron chi connectivity index (χ2n) is 3.91. The highest BCUT2D eigenvalue weighted by atomic mass is 16.2. The van der Waals surface area contributed by atoms with E-state index in [9.17, 15) is 9.59 Å². The van der Waals surface area contributed by atoms with Crippen molar-refractivity contribution in [2.45, 2.75) is 45.6 Å². The highest BCUT2D eigenvalue weighted by molar-refractivity contribution is 6.10. The average molecular weight is 200 g/mol. The van der Waals surface area contributed by atoms with E-state index in [2.05, 4.69) is 0 Å². The molecule has 0 aliphatic rings. The minimum absolute atomic E-state index is 0.248. The van der Waals surface area contributed by atoms with Crippen LogP contribution in [0.5, 0.6) is 0 Å². The molecule has 0 aliphatic heterocycles. The van der Waals surface area contributed by atoms with Gasteiger partial charge < -0.3 is 11.5 Å². The third kappa shape index (κ3) is 2.54. The predicted octanol–water partition coefficient (Wildman–Crippen LogP) is 0.584. The molecular weight excluding hydrogens is 180 g/mol. The first-order chi connectivity index (χ1) is 6.37. The minimum Gasteiger partial charge on any atom is -0.368 e. The molecule has 0 aromatic carbocycles. The summed E-state index contributed by atoms with van der Waals surface area (Å²) in [6.07, 6.45) is 1.98. The lowest BCUT2D eigenvalue weighted by Crippen LogP contribution is -2.61. The summed E-state index contributed by atoms with van der Waals surface area (Å²) in [6.45, 7) is 5.44. The molecule has 1 atom stereocenters. The van der Waals surface area contributed by atoms with Crippen molar-refractivity contribution in [2.75, 3.05) is 0 Å². The SMILES string of the molecule is CCCCC(=O)[C@@](N)(C(N)=O)C(C)C. The molecule has 1 amide bonds. The van der Waals surface area contributed by atoms with Crippen LogP contribution in [0.25, 0.3) is 0 Å². The fraction of sp³-hybridized carbons (Fsp3) is 0.800. The Bertz CT molecular complexity index is 226. The maximum absolute atomic E-state index is 11.7. The van der Waals surface area contributed by atoms with Crippen LogP contribution in [0.1, 0.15) is 40.0 Å². The van der Waals surface area contributed by atoms with Gasteiger partial charge in [-0.25, -0.2) is 0 Å². The van der Waals surface area contributed by atoms with Gasteiger partial charge in [-0.1, -0.05) is 27.2 Å². The number of hydrogen-bond donors (Lipinski definition) is 2. The monoisotopic (exact) mass is 200 g/mol. The smallest absolute Gasteiger partial charge is 0.245 e. The molecule has 0 aromatic heterocycles. The van der Waals surface area contributed by atoms with Crippen molar-refractivity contribution in [3.05, 3.63) is 0 Å². The third-order valence-corrected chi connectivity index (χ3v) is 2.54. The van der Waals surface area contributed by atoms with Crippen LogP contribution >= 0.6 is 0 Å². The van der Waals surface area contributed by atoms with Gasteiger partial charge in [0.2, 0.25) is 5.91 Å². The number of Topliss-reactive ketones (excluding diaryl/α,β-unsaturated/α-hetero) is 1. The molecule has 0 bridgehead atoms. The zero-order valence-corrected chi connectivity index (χ0v) is 9.17. The van der Waals surface area contributed by atoms with Crippen LogP contribution in [0, 0.1) is 5.92 Å². The van der Waals surface area contributed by atoms with Crippen LogP contribution in [0.4, 0.5) is 0 Å². The van der Waals surface area contributed by atoms with E-state index in [0.717, 1.165) is 12.8 Å². The summed E-state index contributed by atoms with van der Waals surface area (Å²) in [5.41, 5.74) is 9.41. The normalized spacial score (nSPS) is 15.2. The van der Waals surface area contributed by atoms with E-state index in [1.807, 2.05) is 6.92 Å². The molecule has 4 N–H and O–H groups in total. The van der Waals surface area contributed by atoms with E-state index in [1.54, 1.807) is 13.8 Å². The zero-order chi connectivity index (χ0) is 11.4. The highest BCUT2D eigenvalue weighted by Gasteiger charge is 2.42. The molecule has 4 heteroatoms. The van der Waals surface area contributed by atoms with Gasteiger partial charge in [-0.15, -0.1) is 0 Å². The number of rotatable bonds is 6. The third-order valence-electron chi connectivity index (χ3n) is 2.54. The highest BCUT2D eigenvalue weighted by Crippen LogP contribution is 2.17. The number of carbonyl (C=O) groups excluding carboxylic acids is 2. The van der Waals surface area contributed by atoms with E-state index in [-0.39, 0.29) is 11.7 Å². The molecule has 0 unspecified atom stereocenters. The topological polar surface area (TPSA) is 86.2 Å². The van der Waals surface area contributed by atoms with Crippen molar-refractivity contribution in [1.29, 1.82) is 0 Å². The van der Waals surface area contributed by atoms with Crippen molar-refractivity contribution >= 4 is 11.7 Å². The Balaban J connectivity index is 4.66. The lowest BCUT2D eigenvalue weighted by Gasteiger charge is -2.28. The summed E-state index contributed by atoms with van der Waals surface area (Å²) < 4.78 is 0. The van der Waals surface area contributed by atoms with Crippen molar-refractivity contribution in [3.63, 3.8) is 0 Å². The van der Waals surface area contributed by atoms with Gasteiger partial charge in [-0.05, 0) is 12.3 Å². The molecule has 0 aromatic rings. The van der Waals surface area contributed by atoms with Crippen LogP contribution in [0.15, 0.2) is 0 Å². The van der Waals surface area contributed by atoms with Crippen LogP contribution in [0.2, 0.25) is 0 Å². The number of carbonyl (C=O) groups is 2. The second kappa shape index (κ2) is 5.10. The van der Waals surface area contributed by atoms with Crippen molar-refractivity contribution in [3.8, 4) is 0 Å². The molecule has 0 spiro atoms. The van der Waals surface area contributed by atoms with Crippen molar-refractivity contribution < 1.29 is 9.59 Å². The Morgan fingerprint density at radius 2 is 1.86 bits per heavy atom. The molecule has 0 saturated heterocycles. The molecule has 0 saturated carbocycles. The standard InChI is InChI=1S/C10H20N2O2/c1-4-5-6-8(13)10(12,7(2)3)9(11)14/h7H,4-6,12H2,1-3H3,(H2,11,14)/t10-/m1/s1. The van der Waals surface area contributed by atoms with E-state index in [1.165, 1.54) is 0 Å². The summed E-state index contributed by atoms with van der Waals surface area (Å²) >= 11 is 0. The maximum Gasteiger partial charge on any atom is 0.245 e. The zero-order valence-electron chi connectivity index (χ0n) is 9.17. The summed E-state index contributed by atoms with van der Waals surface area (Å²) in [6, 6.07) is 0. The fourth-order valence-electron chi connectivity index (χ4n) is 1.29. The van der Waals surface area contributed by atoms with Gasteiger partial charge in [-0.3, -0.25) is 9.59 Å². The largest absolute Gasteiger partial charge is 0.368 e. The van der Waals surface area contributed by atoms with E-state index in [4.69, 9.17) is 11.5 Å². The van der Waals surface area contributed by atoms with Crippen molar-refractivity contribution in [2.24, 2.45) is 17.4 Å². The molecule has 0 heterocycles. The van der Waals surface area contributed by atoms with Gasteiger partial charge in [-0.2, -0.15) is 0 Å². The van der Waals surface area contributed by atoms with Gasteiger partial charge >= 0.3 is 0 Å². The predicted molar refractivity (Wildman–Crippen MR) is 55.5 cm³/mol. The van der Waals surface area contributed by atoms with E-state index < -0.39 is 11.4 Å². The quantitative estimate of drug-likeness (QED) is 0.615. The van der Waals surface area contributed by atoms with Gasteiger partial charge in [0.25, 0.3) is 0 Å². The average Bonchev–Trinajstić information content (AvgIpc) is 2.11. The van der Waals surface area contributed by atoms with Gasteiger partial charge in [0, 0.05) is 6.42 Å². The number of unbranched alkanes of at least 4 members (excludes halogenated alkanes) is 1. The molecule has 82 valence electrons. The van der Waals surface area contributed by atoms with E-state index >= 15 is 0 Å². The first-order valence-corrected chi connectivity index (χ1v) is 4.99. The number of primary amides is 1. The Labute approximate surface area is 85.0 Å². The molecule has 0 aliphatic carbocycles. The summed E-state index contributed by atoms with van der Waals surface area (Å²) in [5, 5.41) is 0. The minimum atomic E-state index is -1.49. The maximum atomic E-state index is 11.7. The summed E-state index contributed by atoms with van der Waals surface area (Å²) in [5.74, 6) is -1.24. The first kappa shape index (κ1) is 13.1. The van der Waals surface area contributed by atoms with Crippen LogP contribution in [-0.4, -0.2) is 17.2 Å². The molecule has 0 fully saturated rings. The molecule has 14 heavy (non-hydrogen) atoms. The lowest BCUT2D eigenvalue weighted by molar-refractivity contribution is -0.136. The van der Waals surface area contributed by atoms with Crippen LogP contribution in [0.3, 0.4) is 0 Å². The fourth-order valence-corrected chi connectivity index (χ4v) is 1.29. The Morgan fingerprint density at radius 3 is 2.14 bits per heavy atom. The molecular formula is C10H20N2O2. The number of hydrogen-bond acceptors (Lipinski definition) is 3.